The number of ether oxygens (including phenoxy) is 2. The molecule has 0 aliphatic heterocycles. The van der Waals surface area contributed by atoms with Gasteiger partial charge in [0.05, 0.1) is 10.4 Å². The van der Waals surface area contributed by atoms with E-state index in [1.54, 1.807) is 6.92 Å². The molecule has 5 nitrogen and oxygen atoms in total. The van der Waals surface area contributed by atoms with E-state index in [0.717, 1.165) is 11.3 Å². The molecule has 0 radical (unpaired) electrons. The number of nitrogens with one attached hydrogen (secondary N) is 1. The Hall–Kier alpha value is 0.110. The summed E-state index contributed by atoms with van der Waals surface area (Å²) in [5.41, 5.74) is 0. The first-order valence-corrected chi connectivity index (χ1v) is 7.90. The first-order chi connectivity index (χ1) is 8.31. The van der Waals surface area contributed by atoms with Gasteiger partial charge in [0.25, 0.3) is 0 Å². The van der Waals surface area contributed by atoms with Crippen LogP contribution in [0.4, 0.5) is 0 Å². The molecule has 0 bridgehead atoms. The van der Waals surface area contributed by atoms with Gasteiger partial charge in [0.1, 0.15) is 9.23 Å². The van der Waals surface area contributed by atoms with Gasteiger partial charge >= 0.3 is 0 Å². The van der Waals surface area contributed by atoms with Crippen LogP contribution in [0.25, 0.3) is 0 Å². The molecular formula is C9H13Cl2NO4S2. The molecule has 1 aromatic rings. The van der Waals surface area contributed by atoms with Gasteiger partial charge in [-0.2, -0.15) is 0 Å². The van der Waals surface area contributed by atoms with Crippen molar-refractivity contribution in [1.82, 2.24) is 4.72 Å². The summed E-state index contributed by atoms with van der Waals surface area (Å²) in [6.07, 6.45) is -0.687. The van der Waals surface area contributed by atoms with Crippen LogP contribution in [-0.4, -0.2) is 35.0 Å². The van der Waals surface area contributed by atoms with E-state index in [2.05, 4.69) is 4.72 Å². The number of thiophene rings is 1. The zero-order valence-corrected chi connectivity index (χ0v) is 13.1. The fraction of sp³-hybridized carbons (Fsp3) is 0.556. The standard InChI is InChI=1S/C9H13Cl2NO4S2/c1-5(9(15-2)16-3)12-18(13,14)6-4-7(10)17-8(6)11/h4-5,9,12H,1-3H3. The number of methoxy groups -OCH3 is 2. The SMILES string of the molecule is COC(OC)C(C)NS(=O)(=O)c1cc(Cl)sc1Cl. The van der Waals surface area contributed by atoms with E-state index in [0.29, 0.717) is 4.34 Å². The molecular weight excluding hydrogens is 321 g/mol. The van der Waals surface area contributed by atoms with Crippen LogP contribution in [0.2, 0.25) is 8.67 Å². The maximum atomic E-state index is 12.1. The van der Waals surface area contributed by atoms with Crippen molar-refractivity contribution in [2.75, 3.05) is 14.2 Å². The molecule has 1 N–H and O–H groups in total. The fourth-order valence-corrected chi connectivity index (χ4v) is 4.76. The van der Waals surface area contributed by atoms with Gasteiger partial charge in [0.2, 0.25) is 10.0 Å². The zero-order chi connectivity index (χ0) is 13.9. The summed E-state index contributed by atoms with van der Waals surface area (Å²) < 4.78 is 36.9. The quantitative estimate of drug-likeness (QED) is 0.811. The van der Waals surface area contributed by atoms with E-state index in [1.165, 1.54) is 20.3 Å². The third-order valence-corrected chi connectivity index (χ3v) is 5.44. The van der Waals surface area contributed by atoms with Gasteiger partial charge in [0.15, 0.2) is 6.29 Å². The lowest BCUT2D eigenvalue weighted by molar-refractivity contribution is -0.115. The molecule has 9 heteroatoms. The third-order valence-electron chi connectivity index (χ3n) is 2.13. The van der Waals surface area contributed by atoms with Crippen molar-refractivity contribution in [3.63, 3.8) is 0 Å². The van der Waals surface area contributed by atoms with E-state index < -0.39 is 22.4 Å². The number of hydrogen-bond donors (Lipinski definition) is 1. The second-order valence-corrected chi connectivity index (χ2v) is 7.41. The van der Waals surface area contributed by atoms with Gasteiger partial charge in [-0.15, -0.1) is 11.3 Å². The van der Waals surface area contributed by atoms with Crippen LogP contribution in [0, 0.1) is 0 Å². The minimum absolute atomic E-state index is 0.0445. The van der Waals surface area contributed by atoms with Crippen molar-refractivity contribution in [2.45, 2.75) is 24.2 Å². The van der Waals surface area contributed by atoms with Crippen molar-refractivity contribution in [1.29, 1.82) is 0 Å². The molecule has 0 aliphatic carbocycles. The smallest absolute Gasteiger partial charge is 0.243 e. The van der Waals surface area contributed by atoms with Crippen LogP contribution >= 0.6 is 34.5 Å². The van der Waals surface area contributed by atoms with Gasteiger partial charge in [0, 0.05) is 14.2 Å². The van der Waals surface area contributed by atoms with E-state index in [-0.39, 0.29) is 9.23 Å². The predicted molar refractivity (Wildman–Crippen MR) is 71.9 cm³/mol. The van der Waals surface area contributed by atoms with Crippen LogP contribution < -0.4 is 4.72 Å². The highest BCUT2D eigenvalue weighted by molar-refractivity contribution is 7.89. The first kappa shape index (κ1) is 16.2. The lowest BCUT2D eigenvalue weighted by Crippen LogP contribution is -2.42. The lowest BCUT2D eigenvalue weighted by Gasteiger charge is -2.21. The Morgan fingerprint density at radius 3 is 2.28 bits per heavy atom. The predicted octanol–water partition coefficient (Wildman–Crippen LogP) is 2.34. The Morgan fingerprint density at radius 2 is 1.89 bits per heavy atom. The summed E-state index contributed by atoms with van der Waals surface area (Å²) in [7, 11) is -0.903. The summed E-state index contributed by atoms with van der Waals surface area (Å²) >= 11 is 12.5. The Morgan fingerprint density at radius 1 is 1.33 bits per heavy atom. The van der Waals surface area contributed by atoms with Gasteiger partial charge < -0.3 is 9.47 Å². The number of rotatable bonds is 6. The highest BCUT2D eigenvalue weighted by Crippen LogP contribution is 2.34. The largest absolute Gasteiger partial charge is 0.354 e. The molecule has 1 rings (SSSR count). The van der Waals surface area contributed by atoms with Crippen molar-refractivity contribution in [3.8, 4) is 0 Å². The zero-order valence-electron chi connectivity index (χ0n) is 9.94. The minimum Gasteiger partial charge on any atom is -0.354 e. The van der Waals surface area contributed by atoms with E-state index in [1.807, 2.05) is 0 Å². The summed E-state index contributed by atoms with van der Waals surface area (Å²) in [5, 5.41) is 0. The molecule has 0 spiro atoms. The van der Waals surface area contributed by atoms with Crippen LogP contribution in [-0.2, 0) is 19.5 Å². The molecule has 0 saturated carbocycles. The lowest BCUT2D eigenvalue weighted by atomic mass is 10.3. The molecule has 1 aromatic heterocycles. The highest BCUT2D eigenvalue weighted by Gasteiger charge is 2.26. The van der Waals surface area contributed by atoms with Gasteiger partial charge in [-0.05, 0) is 13.0 Å². The third kappa shape index (κ3) is 3.80. The van der Waals surface area contributed by atoms with Crippen molar-refractivity contribution in [3.05, 3.63) is 14.7 Å². The normalized spacial score (nSPS) is 14.1. The first-order valence-electron chi connectivity index (χ1n) is 4.84. The van der Waals surface area contributed by atoms with Crippen LogP contribution in [0.5, 0.6) is 0 Å². The second-order valence-electron chi connectivity index (χ2n) is 3.44. The number of sulfonamides is 1. The minimum atomic E-state index is -3.75. The Labute approximate surface area is 120 Å². The molecule has 0 aliphatic rings. The Kier molecular flexibility index (Phi) is 5.85. The van der Waals surface area contributed by atoms with Crippen molar-refractivity contribution >= 4 is 44.6 Å². The molecule has 0 amide bonds. The molecule has 18 heavy (non-hydrogen) atoms. The highest BCUT2D eigenvalue weighted by atomic mass is 35.5. The maximum Gasteiger partial charge on any atom is 0.243 e. The summed E-state index contributed by atoms with van der Waals surface area (Å²) in [6, 6.07) is 0.734. The van der Waals surface area contributed by atoms with Crippen molar-refractivity contribution < 1.29 is 17.9 Å². The average molecular weight is 334 g/mol. The second kappa shape index (κ2) is 6.51. The van der Waals surface area contributed by atoms with Crippen LogP contribution in [0.1, 0.15) is 6.92 Å². The summed E-state index contributed by atoms with van der Waals surface area (Å²) in [5.74, 6) is 0. The van der Waals surface area contributed by atoms with Crippen molar-refractivity contribution in [2.24, 2.45) is 0 Å². The van der Waals surface area contributed by atoms with Gasteiger partial charge in [-0.3, -0.25) is 0 Å². The molecule has 1 unspecified atom stereocenters. The Balaban J connectivity index is 2.92. The van der Waals surface area contributed by atoms with E-state index in [9.17, 15) is 8.42 Å². The fourth-order valence-electron chi connectivity index (χ4n) is 1.38. The molecule has 1 atom stereocenters. The van der Waals surface area contributed by atoms with Crippen LogP contribution in [0.3, 0.4) is 0 Å². The molecule has 1 heterocycles. The number of hydrogen-bond acceptors (Lipinski definition) is 5. The molecule has 104 valence electrons. The molecule has 0 aromatic carbocycles. The van der Waals surface area contributed by atoms with Gasteiger partial charge in [-0.25, -0.2) is 13.1 Å². The Bertz CT molecular complexity index is 499. The monoisotopic (exact) mass is 333 g/mol. The summed E-state index contributed by atoms with van der Waals surface area (Å²) in [4.78, 5) is -0.0445. The topological polar surface area (TPSA) is 64.6 Å². The maximum absolute atomic E-state index is 12.1. The average Bonchev–Trinajstić information content (AvgIpc) is 2.59. The van der Waals surface area contributed by atoms with E-state index in [4.69, 9.17) is 32.7 Å². The van der Waals surface area contributed by atoms with Crippen LogP contribution in [0.15, 0.2) is 11.0 Å². The molecule has 0 fully saturated rings. The van der Waals surface area contributed by atoms with Gasteiger partial charge in [-0.1, -0.05) is 23.2 Å². The number of halogens is 2. The summed E-state index contributed by atoms with van der Waals surface area (Å²) in [6.45, 7) is 1.62. The van der Waals surface area contributed by atoms with E-state index >= 15 is 0 Å². The molecule has 0 saturated heterocycles.